The highest BCUT2D eigenvalue weighted by atomic mass is 19.1. The second-order valence-electron chi connectivity index (χ2n) is 5.24. The predicted molar refractivity (Wildman–Crippen MR) is 74.3 cm³/mol. The minimum Gasteiger partial charge on any atom is -0.396 e. The molecule has 2 rings (SSSR count). The van der Waals surface area contributed by atoms with Gasteiger partial charge in [-0.3, -0.25) is 9.69 Å². The average Bonchev–Trinajstić information content (AvgIpc) is 2.37. The quantitative estimate of drug-likeness (QED) is 0.823. The van der Waals surface area contributed by atoms with Crippen molar-refractivity contribution in [2.75, 3.05) is 30.7 Å². The molecule has 0 atom stereocenters. The molecule has 3 N–H and O–H groups in total. The number of carbonyl (C=O) groups excluding carboxylic acids is 1. The summed E-state index contributed by atoms with van der Waals surface area (Å²) in [7, 11) is 0. The van der Waals surface area contributed by atoms with E-state index in [0.29, 0.717) is 12.2 Å². The Kier molecular flexibility index (Phi) is 4.37. The molecule has 5 heteroatoms. The van der Waals surface area contributed by atoms with Crippen LogP contribution < -0.4 is 11.1 Å². The van der Waals surface area contributed by atoms with E-state index in [9.17, 15) is 9.18 Å². The fourth-order valence-corrected chi connectivity index (χ4v) is 2.25. The number of likely N-dealkylation sites (tertiary alicyclic amines) is 1. The van der Waals surface area contributed by atoms with Crippen molar-refractivity contribution in [3.05, 3.63) is 24.0 Å². The number of nitrogens with zero attached hydrogens (tertiary/aromatic N) is 1. The molecule has 0 spiro atoms. The normalized spacial score (nSPS) is 17.4. The largest absolute Gasteiger partial charge is 0.396 e. The van der Waals surface area contributed by atoms with Crippen molar-refractivity contribution in [1.82, 2.24) is 4.90 Å². The van der Waals surface area contributed by atoms with Gasteiger partial charge in [0.2, 0.25) is 5.91 Å². The van der Waals surface area contributed by atoms with Crippen molar-refractivity contribution >= 4 is 17.3 Å². The number of rotatable bonds is 3. The minimum absolute atomic E-state index is 0.0459. The summed E-state index contributed by atoms with van der Waals surface area (Å²) in [4.78, 5) is 14.0. The first kappa shape index (κ1) is 13.8. The Bertz CT molecular complexity index is 456. The van der Waals surface area contributed by atoms with E-state index in [4.69, 9.17) is 5.73 Å². The predicted octanol–water partition coefficient (Wildman–Crippen LogP) is 2.08. The van der Waals surface area contributed by atoms with Gasteiger partial charge < -0.3 is 11.1 Å². The zero-order chi connectivity index (χ0) is 13.8. The number of hydrogen-bond acceptors (Lipinski definition) is 3. The number of nitrogens with one attached hydrogen (secondary N) is 1. The third-order valence-corrected chi connectivity index (χ3v) is 3.52. The Morgan fingerprint density at radius 1 is 1.47 bits per heavy atom. The van der Waals surface area contributed by atoms with Crippen LogP contribution in [0.5, 0.6) is 0 Å². The molecule has 1 aliphatic heterocycles. The topological polar surface area (TPSA) is 58.4 Å². The average molecular weight is 265 g/mol. The summed E-state index contributed by atoms with van der Waals surface area (Å²) in [6.45, 7) is 4.53. The molecule has 1 saturated heterocycles. The van der Waals surface area contributed by atoms with Gasteiger partial charge in [0.15, 0.2) is 0 Å². The highest BCUT2D eigenvalue weighted by Crippen LogP contribution is 2.17. The van der Waals surface area contributed by atoms with Crippen LogP contribution in [0.2, 0.25) is 0 Å². The molecule has 0 saturated carbocycles. The molecule has 1 heterocycles. The molecule has 4 nitrogen and oxygen atoms in total. The van der Waals surface area contributed by atoms with Crippen LogP contribution in [0.25, 0.3) is 0 Å². The maximum absolute atomic E-state index is 13.0. The van der Waals surface area contributed by atoms with Crippen LogP contribution in [0.15, 0.2) is 18.2 Å². The van der Waals surface area contributed by atoms with E-state index in [0.717, 1.165) is 31.8 Å². The molecule has 19 heavy (non-hydrogen) atoms. The third-order valence-electron chi connectivity index (χ3n) is 3.52. The van der Waals surface area contributed by atoms with Crippen molar-refractivity contribution in [2.24, 2.45) is 5.92 Å². The highest BCUT2D eigenvalue weighted by Gasteiger charge is 2.17. The van der Waals surface area contributed by atoms with Gasteiger partial charge in [-0.1, -0.05) is 6.92 Å². The smallest absolute Gasteiger partial charge is 0.238 e. The van der Waals surface area contributed by atoms with Gasteiger partial charge in [0, 0.05) is 5.69 Å². The SMILES string of the molecule is CC1CCN(CC(=O)Nc2ccc(F)c(N)c2)CC1. The molecule has 1 aromatic carbocycles. The van der Waals surface area contributed by atoms with Crippen molar-refractivity contribution in [2.45, 2.75) is 19.8 Å². The van der Waals surface area contributed by atoms with Crippen LogP contribution >= 0.6 is 0 Å². The number of nitrogens with two attached hydrogens (primary N) is 1. The van der Waals surface area contributed by atoms with Crippen LogP contribution in [-0.4, -0.2) is 30.4 Å². The maximum Gasteiger partial charge on any atom is 0.238 e. The molecule has 0 aromatic heterocycles. The van der Waals surface area contributed by atoms with Gasteiger partial charge >= 0.3 is 0 Å². The number of benzene rings is 1. The summed E-state index contributed by atoms with van der Waals surface area (Å²) < 4.78 is 13.0. The van der Waals surface area contributed by atoms with Gasteiger partial charge in [-0.15, -0.1) is 0 Å². The highest BCUT2D eigenvalue weighted by molar-refractivity contribution is 5.92. The van der Waals surface area contributed by atoms with Crippen LogP contribution in [0, 0.1) is 11.7 Å². The molecule has 0 bridgehead atoms. The molecule has 0 aliphatic carbocycles. The number of hydrogen-bond donors (Lipinski definition) is 2. The lowest BCUT2D eigenvalue weighted by Crippen LogP contribution is -2.38. The summed E-state index contributed by atoms with van der Waals surface area (Å²) in [6, 6.07) is 4.21. The van der Waals surface area contributed by atoms with E-state index in [2.05, 4.69) is 17.1 Å². The number of anilines is 2. The van der Waals surface area contributed by atoms with E-state index >= 15 is 0 Å². The van der Waals surface area contributed by atoms with Crippen LogP contribution in [0.4, 0.5) is 15.8 Å². The summed E-state index contributed by atoms with van der Waals surface area (Å²) in [6.07, 6.45) is 2.27. The number of amides is 1. The number of carbonyl (C=O) groups is 1. The Morgan fingerprint density at radius 3 is 2.79 bits per heavy atom. The van der Waals surface area contributed by atoms with Crippen molar-refractivity contribution < 1.29 is 9.18 Å². The Balaban J connectivity index is 1.85. The van der Waals surface area contributed by atoms with Gasteiger partial charge in [-0.2, -0.15) is 0 Å². The lowest BCUT2D eigenvalue weighted by Gasteiger charge is -2.29. The summed E-state index contributed by atoms with van der Waals surface area (Å²) in [5.41, 5.74) is 6.04. The third kappa shape index (κ3) is 3.92. The molecular weight excluding hydrogens is 245 g/mol. The zero-order valence-electron chi connectivity index (χ0n) is 11.2. The lowest BCUT2D eigenvalue weighted by atomic mass is 9.99. The fraction of sp³-hybridized carbons (Fsp3) is 0.500. The second kappa shape index (κ2) is 6.02. The van der Waals surface area contributed by atoms with Gasteiger partial charge in [0.25, 0.3) is 0 Å². The van der Waals surface area contributed by atoms with Gasteiger partial charge in [-0.25, -0.2) is 4.39 Å². The summed E-state index contributed by atoms with van der Waals surface area (Å²) in [5.74, 6) is 0.194. The first-order valence-electron chi connectivity index (χ1n) is 6.62. The molecule has 0 radical (unpaired) electrons. The summed E-state index contributed by atoms with van der Waals surface area (Å²) in [5, 5.41) is 2.74. The maximum atomic E-state index is 13.0. The van der Waals surface area contributed by atoms with E-state index in [-0.39, 0.29) is 11.6 Å². The second-order valence-corrected chi connectivity index (χ2v) is 5.24. The number of halogens is 1. The molecule has 1 fully saturated rings. The van der Waals surface area contributed by atoms with Gasteiger partial charge in [-0.05, 0) is 50.0 Å². The van der Waals surface area contributed by atoms with Crippen LogP contribution in [-0.2, 0) is 4.79 Å². The molecule has 1 aromatic rings. The van der Waals surface area contributed by atoms with Crippen molar-refractivity contribution in [3.8, 4) is 0 Å². The minimum atomic E-state index is -0.469. The summed E-state index contributed by atoms with van der Waals surface area (Å²) >= 11 is 0. The fourth-order valence-electron chi connectivity index (χ4n) is 2.25. The lowest BCUT2D eigenvalue weighted by molar-refractivity contribution is -0.117. The Morgan fingerprint density at radius 2 is 2.16 bits per heavy atom. The van der Waals surface area contributed by atoms with Gasteiger partial charge in [0.1, 0.15) is 5.82 Å². The molecule has 104 valence electrons. The van der Waals surface area contributed by atoms with Crippen molar-refractivity contribution in [1.29, 1.82) is 0 Å². The van der Waals surface area contributed by atoms with Gasteiger partial charge in [0.05, 0.1) is 12.2 Å². The van der Waals surface area contributed by atoms with E-state index in [1.54, 1.807) is 0 Å². The zero-order valence-corrected chi connectivity index (χ0v) is 11.2. The Hall–Kier alpha value is -1.62. The first-order valence-corrected chi connectivity index (χ1v) is 6.62. The van der Waals surface area contributed by atoms with E-state index in [1.165, 1.54) is 18.2 Å². The van der Waals surface area contributed by atoms with E-state index in [1.807, 2.05) is 0 Å². The standard InChI is InChI=1S/C14H20FN3O/c1-10-4-6-18(7-5-10)9-14(19)17-11-2-3-12(15)13(16)8-11/h2-3,8,10H,4-7,9,16H2,1H3,(H,17,19). The first-order chi connectivity index (χ1) is 9.04. The van der Waals surface area contributed by atoms with Crippen molar-refractivity contribution in [3.63, 3.8) is 0 Å². The molecule has 1 amide bonds. The van der Waals surface area contributed by atoms with Crippen LogP contribution in [0.3, 0.4) is 0 Å². The molecular formula is C14H20FN3O. The number of piperidine rings is 1. The van der Waals surface area contributed by atoms with E-state index < -0.39 is 5.82 Å². The van der Waals surface area contributed by atoms with Crippen LogP contribution in [0.1, 0.15) is 19.8 Å². The Labute approximate surface area is 112 Å². The number of nitrogen functional groups attached to an aromatic ring is 1. The molecule has 0 unspecified atom stereocenters. The monoisotopic (exact) mass is 265 g/mol. The molecule has 1 aliphatic rings.